The van der Waals surface area contributed by atoms with Gasteiger partial charge >= 0.3 is 0 Å². The summed E-state index contributed by atoms with van der Waals surface area (Å²) in [6, 6.07) is 0.401. The summed E-state index contributed by atoms with van der Waals surface area (Å²) in [7, 11) is 0. The molecule has 3 rings (SSSR count). The van der Waals surface area contributed by atoms with Crippen molar-refractivity contribution in [3.8, 4) is 0 Å². The Morgan fingerprint density at radius 3 is 2.60 bits per heavy atom. The first-order chi connectivity index (χ1) is 12.0. The van der Waals surface area contributed by atoms with E-state index in [9.17, 15) is 4.79 Å². The molecule has 0 aromatic carbocycles. The minimum Gasteiger partial charge on any atom is -0.340 e. The third kappa shape index (κ3) is 3.66. The molecule has 0 atom stereocenters. The fraction of sp³-hybridized carbons (Fsp3) is 0.667. The highest BCUT2D eigenvalue weighted by Crippen LogP contribution is 2.24. The van der Waals surface area contributed by atoms with E-state index in [-0.39, 0.29) is 5.91 Å². The van der Waals surface area contributed by atoms with E-state index < -0.39 is 0 Å². The maximum atomic E-state index is 13.0. The van der Waals surface area contributed by atoms with E-state index in [1.807, 2.05) is 20.1 Å². The number of carbonyl (C=O) groups excluding carboxylic acids is 1. The number of hydrogen-bond donors (Lipinski definition) is 0. The van der Waals surface area contributed by atoms with Crippen LogP contribution in [0.15, 0.2) is 5.16 Å². The molecule has 0 spiro atoms. The molecule has 1 fully saturated rings. The zero-order chi connectivity index (χ0) is 18.0. The van der Waals surface area contributed by atoms with Crippen LogP contribution in [0.5, 0.6) is 0 Å². The zero-order valence-electron chi connectivity index (χ0n) is 15.6. The topological polar surface area (TPSA) is 63.4 Å². The lowest BCUT2D eigenvalue weighted by Crippen LogP contribution is -2.42. The first-order valence-corrected chi connectivity index (χ1v) is 10.3. The van der Waals surface area contributed by atoms with Gasteiger partial charge in [-0.15, -0.1) is 5.10 Å². The molecule has 0 aliphatic heterocycles. The molecule has 1 aliphatic carbocycles. The Labute approximate surface area is 153 Å². The van der Waals surface area contributed by atoms with E-state index in [0.717, 1.165) is 36.3 Å². The van der Waals surface area contributed by atoms with Gasteiger partial charge in [-0.05, 0) is 39.9 Å². The molecule has 7 heteroatoms. The van der Waals surface area contributed by atoms with Crippen LogP contribution in [0, 0.1) is 13.8 Å². The predicted octanol–water partition coefficient (Wildman–Crippen LogP) is 3.19. The Morgan fingerprint density at radius 2 is 1.96 bits per heavy atom. The highest BCUT2D eigenvalue weighted by molar-refractivity contribution is 7.98. The third-order valence-corrected chi connectivity index (χ3v) is 5.75. The van der Waals surface area contributed by atoms with Crippen molar-refractivity contribution in [3.63, 3.8) is 0 Å². The fourth-order valence-electron chi connectivity index (χ4n) is 3.82. The fourth-order valence-corrected chi connectivity index (χ4v) is 4.15. The number of thioether (sulfide) groups is 1. The van der Waals surface area contributed by atoms with Crippen LogP contribution in [0.25, 0.3) is 5.78 Å². The number of aromatic nitrogens is 4. The van der Waals surface area contributed by atoms with E-state index >= 15 is 0 Å². The molecule has 1 amide bonds. The van der Waals surface area contributed by atoms with Gasteiger partial charge in [0, 0.05) is 29.5 Å². The van der Waals surface area contributed by atoms with Crippen LogP contribution >= 0.6 is 11.8 Å². The van der Waals surface area contributed by atoms with Gasteiger partial charge in [-0.2, -0.15) is 4.98 Å². The highest BCUT2D eigenvalue weighted by Gasteiger charge is 2.25. The predicted molar refractivity (Wildman–Crippen MR) is 100 cm³/mol. The maximum Gasteiger partial charge on any atom is 0.253 e. The SMILES string of the molecule is CCN(C(=O)Cc1c(C)nc2nc(SC)nn2c1C)C1CCCCC1. The van der Waals surface area contributed by atoms with Gasteiger partial charge in [-0.1, -0.05) is 31.0 Å². The molecule has 0 unspecified atom stereocenters. The molecule has 2 aromatic rings. The average Bonchev–Trinajstić information content (AvgIpc) is 3.03. The Hall–Kier alpha value is -1.63. The summed E-state index contributed by atoms with van der Waals surface area (Å²) in [5.41, 5.74) is 2.81. The summed E-state index contributed by atoms with van der Waals surface area (Å²) >= 11 is 1.50. The largest absolute Gasteiger partial charge is 0.340 e. The molecule has 1 saturated carbocycles. The quantitative estimate of drug-likeness (QED) is 0.765. The summed E-state index contributed by atoms with van der Waals surface area (Å²) in [5.74, 6) is 0.808. The zero-order valence-corrected chi connectivity index (χ0v) is 16.4. The van der Waals surface area contributed by atoms with Crippen LogP contribution in [0.3, 0.4) is 0 Å². The average molecular weight is 362 g/mol. The van der Waals surface area contributed by atoms with Crippen molar-refractivity contribution in [3.05, 3.63) is 17.0 Å². The van der Waals surface area contributed by atoms with Gasteiger partial charge < -0.3 is 4.90 Å². The van der Waals surface area contributed by atoms with Crippen molar-refractivity contribution >= 4 is 23.4 Å². The van der Waals surface area contributed by atoms with E-state index in [4.69, 9.17) is 0 Å². The van der Waals surface area contributed by atoms with Crippen LogP contribution in [-0.4, -0.2) is 49.2 Å². The molecule has 0 radical (unpaired) electrons. The molecule has 2 heterocycles. The molecule has 136 valence electrons. The van der Waals surface area contributed by atoms with Crippen molar-refractivity contribution in [2.45, 2.75) is 70.5 Å². The number of amides is 1. The smallest absolute Gasteiger partial charge is 0.253 e. The first-order valence-electron chi connectivity index (χ1n) is 9.11. The molecule has 1 aliphatic rings. The summed E-state index contributed by atoms with van der Waals surface area (Å²) in [6.45, 7) is 6.81. The number of carbonyl (C=O) groups is 1. The third-order valence-electron chi connectivity index (χ3n) is 5.22. The number of fused-ring (bicyclic) bond motifs is 1. The number of aryl methyl sites for hydroxylation is 2. The Bertz CT molecular complexity index is 766. The van der Waals surface area contributed by atoms with Crippen LogP contribution in [-0.2, 0) is 11.2 Å². The van der Waals surface area contributed by atoms with Crippen molar-refractivity contribution < 1.29 is 4.79 Å². The molecule has 0 N–H and O–H groups in total. The second kappa shape index (κ2) is 7.72. The van der Waals surface area contributed by atoms with Gasteiger partial charge in [0.05, 0.1) is 6.42 Å². The number of hydrogen-bond acceptors (Lipinski definition) is 5. The summed E-state index contributed by atoms with van der Waals surface area (Å²) in [4.78, 5) is 24.0. The van der Waals surface area contributed by atoms with E-state index in [2.05, 4.69) is 26.9 Å². The van der Waals surface area contributed by atoms with Gasteiger partial charge in [-0.25, -0.2) is 9.50 Å². The number of rotatable bonds is 5. The minimum absolute atomic E-state index is 0.201. The Kier molecular flexibility index (Phi) is 5.61. The van der Waals surface area contributed by atoms with E-state index in [0.29, 0.717) is 23.4 Å². The van der Waals surface area contributed by atoms with Gasteiger partial charge in [0.1, 0.15) is 0 Å². The standard InChI is InChI=1S/C18H27N5OS/c1-5-22(14-9-7-6-8-10-14)16(24)11-15-12(2)19-17-20-18(25-4)21-23(17)13(15)3/h14H,5-11H2,1-4H3. The van der Waals surface area contributed by atoms with Crippen LogP contribution in [0.4, 0.5) is 0 Å². The van der Waals surface area contributed by atoms with Crippen LogP contribution in [0.1, 0.15) is 56.0 Å². The molecule has 0 saturated heterocycles. The van der Waals surface area contributed by atoms with Gasteiger partial charge in [0.25, 0.3) is 5.78 Å². The monoisotopic (exact) mass is 361 g/mol. The second-order valence-electron chi connectivity index (χ2n) is 6.72. The molecule has 6 nitrogen and oxygen atoms in total. The summed E-state index contributed by atoms with van der Waals surface area (Å²) in [5, 5.41) is 5.18. The Balaban J connectivity index is 1.86. The van der Waals surface area contributed by atoms with E-state index in [1.165, 1.54) is 31.0 Å². The van der Waals surface area contributed by atoms with Gasteiger partial charge in [0.2, 0.25) is 11.1 Å². The molecule has 2 aromatic heterocycles. The molecular formula is C18H27N5OS. The van der Waals surface area contributed by atoms with Crippen molar-refractivity contribution in [1.82, 2.24) is 24.5 Å². The summed E-state index contributed by atoms with van der Waals surface area (Å²) < 4.78 is 1.76. The molecule has 25 heavy (non-hydrogen) atoms. The lowest BCUT2D eigenvalue weighted by molar-refractivity contribution is -0.133. The van der Waals surface area contributed by atoms with E-state index in [1.54, 1.807) is 4.52 Å². The number of likely N-dealkylation sites (N-methyl/N-ethyl adjacent to an activating group) is 1. The van der Waals surface area contributed by atoms with Crippen molar-refractivity contribution in [2.24, 2.45) is 0 Å². The lowest BCUT2D eigenvalue weighted by Gasteiger charge is -2.34. The molecular weight excluding hydrogens is 334 g/mol. The normalized spacial score (nSPS) is 15.7. The highest BCUT2D eigenvalue weighted by atomic mass is 32.2. The van der Waals surface area contributed by atoms with Crippen molar-refractivity contribution in [1.29, 1.82) is 0 Å². The molecule has 0 bridgehead atoms. The van der Waals surface area contributed by atoms with Gasteiger partial charge in [-0.3, -0.25) is 4.79 Å². The number of nitrogens with zero attached hydrogens (tertiary/aromatic N) is 5. The van der Waals surface area contributed by atoms with Crippen LogP contribution in [0.2, 0.25) is 0 Å². The van der Waals surface area contributed by atoms with Gasteiger partial charge in [0.15, 0.2) is 0 Å². The second-order valence-corrected chi connectivity index (χ2v) is 7.49. The van der Waals surface area contributed by atoms with Crippen molar-refractivity contribution in [2.75, 3.05) is 12.8 Å². The Morgan fingerprint density at radius 1 is 1.24 bits per heavy atom. The van der Waals surface area contributed by atoms with Crippen LogP contribution < -0.4 is 0 Å². The maximum absolute atomic E-state index is 13.0. The minimum atomic E-state index is 0.201. The lowest BCUT2D eigenvalue weighted by atomic mass is 9.93. The first kappa shape index (κ1) is 18.2. The summed E-state index contributed by atoms with van der Waals surface area (Å²) in [6.07, 6.45) is 8.37.